The summed E-state index contributed by atoms with van der Waals surface area (Å²) in [4.78, 5) is 26.2. The van der Waals surface area contributed by atoms with Gasteiger partial charge in [0.2, 0.25) is 5.91 Å². The predicted molar refractivity (Wildman–Crippen MR) is 129 cm³/mol. The highest BCUT2D eigenvalue weighted by molar-refractivity contribution is 5.93. The van der Waals surface area contributed by atoms with Gasteiger partial charge in [-0.2, -0.15) is 0 Å². The molecule has 0 aliphatic rings. The van der Waals surface area contributed by atoms with Crippen molar-refractivity contribution in [2.45, 2.75) is 47.2 Å². The molecule has 1 aromatic heterocycles. The zero-order chi connectivity index (χ0) is 24.0. The molecule has 33 heavy (non-hydrogen) atoms. The number of hydrogen-bond donors (Lipinski definition) is 2. The van der Waals surface area contributed by atoms with Crippen molar-refractivity contribution in [1.82, 2.24) is 4.90 Å². The van der Waals surface area contributed by atoms with Crippen molar-refractivity contribution < 1.29 is 19.1 Å². The lowest BCUT2D eigenvalue weighted by molar-refractivity contribution is -0.146. The van der Waals surface area contributed by atoms with E-state index in [4.69, 9.17) is 4.42 Å². The van der Waals surface area contributed by atoms with Crippen molar-refractivity contribution in [2.75, 3.05) is 11.9 Å². The van der Waals surface area contributed by atoms with Crippen LogP contribution >= 0.6 is 0 Å². The van der Waals surface area contributed by atoms with E-state index in [1.54, 1.807) is 20.1 Å². The topological polar surface area (TPSA) is 82.8 Å². The van der Waals surface area contributed by atoms with Gasteiger partial charge in [-0.25, -0.2) is 0 Å². The molecule has 0 aliphatic carbocycles. The third kappa shape index (κ3) is 7.05. The first kappa shape index (κ1) is 24.3. The second kappa shape index (κ2) is 10.5. The molecule has 3 rings (SSSR count). The third-order valence-corrected chi connectivity index (χ3v) is 5.64. The molecular weight excluding hydrogens is 416 g/mol. The standard InChI is InChI=1S/C27H32N2O4/c1-19-7-12-24(20(2)14-19)28-25(30)18-29(17-23-6-5-13-33-23)16-22-10-8-21(9-11-22)15-27(3,4)26(31)32/h5-14H,15-18H2,1-4H3,(H,28,30)(H,31,32). The summed E-state index contributed by atoms with van der Waals surface area (Å²) >= 11 is 0. The van der Waals surface area contributed by atoms with Crippen LogP contribution in [-0.4, -0.2) is 28.4 Å². The summed E-state index contributed by atoms with van der Waals surface area (Å²) in [5.41, 5.74) is 4.18. The van der Waals surface area contributed by atoms with Crippen molar-refractivity contribution in [3.63, 3.8) is 0 Å². The van der Waals surface area contributed by atoms with E-state index in [0.29, 0.717) is 19.5 Å². The smallest absolute Gasteiger partial charge is 0.309 e. The first-order valence-corrected chi connectivity index (χ1v) is 11.1. The molecule has 6 heteroatoms. The number of carbonyl (C=O) groups excluding carboxylic acids is 1. The highest BCUT2D eigenvalue weighted by atomic mass is 16.4. The second-order valence-corrected chi connectivity index (χ2v) is 9.27. The van der Waals surface area contributed by atoms with Gasteiger partial charge < -0.3 is 14.8 Å². The van der Waals surface area contributed by atoms with Gasteiger partial charge in [0.15, 0.2) is 0 Å². The van der Waals surface area contributed by atoms with Crippen LogP contribution in [0.4, 0.5) is 5.69 Å². The average Bonchev–Trinajstić information content (AvgIpc) is 3.24. The molecule has 6 nitrogen and oxygen atoms in total. The van der Waals surface area contributed by atoms with Crippen LogP contribution in [-0.2, 0) is 29.1 Å². The first-order chi connectivity index (χ1) is 15.6. The van der Waals surface area contributed by atoms with Gasteiger partial charge in [-0.1, -0.05) is 42.0 Å². The van der Waals surface area contributed by atoms with Crippen LogP contribution in [0.5, 0.6) is 0 Å². The average molecular weight is 449 g/mol. The van der Waals surface area contributed by atoms with E-state index in [-0.39, 0.29) is 12.5 Å². The van der Waals surface area contributed by atoms with Gasteiger partial charge in [0.05, 0.1) is 24.8 Å². The van der Waals surface area contributed by atoms with E-state index in [1.807, 2.05) is 73.3 Å². The van der Waals surface area contributed by atoms with Crippen LogP contribution in [0.15, 0.2) is 65.3 Å². The Balaban J connectivity index is 1.69. The van der Waals surface area contributed by atoms with Crippen molar-refractivity contribution in [2.24, 2.45) is 5.41 Å². The summed E-state index contributed by atoms with van der Waals surface area (Å²) in [6.07, 6.45) is 2.08. The molecule has 0 bridgehead atoms. The van der Waals surface area contributed by atoms with Gasteiger partial charge in [-0.15, -0.1) is 0 Å². The monoisotopic (exact) mass is 448 g/mol. The second-order valence-electron chi connectivity index (χ2n) is 9.27. The Morgan fingerprint density at radius 3 is 2.30 bits per heavy atom. The summed E-state index contributed by atoms with van der Waals surface area (Å²) in [6, 6.07) is 17.6. The number of carboxylic acid groups (broad SMARTS) is 1. The molecule has 0 aliphatic heterocycles. The van der Waals surface area contributed by atoms with Crippen LogP contribution in [0.25, 0.3) is 0 Å². The van der Waals surface area contributed by atoms with Gasteiger partial charge in [0, 0.05) is 12.2 Å². The van der Waals surface area contributed by atoms with Crippen LogP contribution in [0.1, 0.15) is 41.9 Å². The quantitative estimate of drug-likeness (QED) is 0.446. The molecule has 0 atom stereocenters. The van der Waals surface area contributed by atoms with Crippen LogP contribution in [0, 0.1) is 19.3 Å². The Bertz CT molecular complexity index is 1090. The maximum atomic E-state index is 12.8. The summed E-state index contributed by atoms with van der Waals surface area (Å²) in [6.45, 7) is 8.73. The molecule has 0 saturated heterocycles. The van der Waals surface area contributed by atoms with E-state index in [1.165, 1.54) is 0 Å². The molecule has 2 N–H and O–H groups in total. The molecular formula is C27H32N2O4. The number of rotatable bonds is 10. The van der Waals surface area contributed by atoms with Gasteiger partial charge in [0.1, 0.15) is 5.76 Å². The summed E-state index contributed by atoms with van der Waals surface area (Å²) in [5, 5.41) is 12.4. The molecule has 1 heterocycles. The molecule has 3 aromatic rings. The lowest BCUT2D eigenvalue weighted by Gasteiger charge is -2.22. The van der Waals surface area contributed by atoms with Crippen molar-refractivity contribution in [1.29, 1.82) is 0 Å². The number of benzene rings is 2. The number of hydrogen-bond acceptors (Lipinski definition) is 4. The molecule has 0 fully saturated rings. The first-order valence-electron chi connectivity index (χ1n) is 11.1. The molecule has 0 saturated carbocycles. The minimum Gasteiger partial charge on any atom is -0.481 e. The minimum atomic E-state index is -0.820. The minimum absolute atomic E-state index is 0.0895. The number of nitrogens with one attached hydrogen (secondary N) is 1. The molecule has 2 aromatic carbocycles. The third-order valence-electron chi connectivity index (χ3n) is 5.64. The number of amides is 1. The highest BCUT2D eigenvalue weighted by Crippen LogP contribution is 2.23. The maximum Gasteiger partial charge on any atom is 0.309 e. The zero-order valence-corrected chi connectivity index (χ0v) is 19.7. The SMILES string of the molecule is Cc1ccc(NC(=O)CN(Cc2ccc(CC(C)(C)C(=O)O)cc2)Cc2ccco2)c(C)c1. The van der Waals surface area contributed by atoms with Crippen molar-refractivity contribution in [3.8, 4) is 0 Å². The molecule has 0 radical (unpaired) electrons. The van der Waals surface area contributed by atoms with Gasteiger partial charge in [-0.3, -0.25) is 14.5 Å². The highest BCUT2D eigenvalue weighted by Gasteiger charge is 2.27. The predicted octanol–water partition coefficient (Wildman–Crippen LogP) is 5.19. The normalized spacial score (nSPS) is 11.5. The van der Waals surface area contributed by atoms with E-state index in [2.05, 4.69) is 5.32 Å². The maximum absolute atomic E-state index is 12.8. The molecule has 174 valence electrons. The Labute approximate surface area is 195 Å². The van der Waals surface area contributed by atoms with Gasteiger partial charge in [-0.05, 0) is 69.0 Å². The van der Waals surface area contributed by atoms with Crippen LogP contribution in [0.2, 0.25) is 0 Å². The Morgan fingerprint density at radius 1 is 1.00 bits per heavy atom. The summed E-state index contributed by atoms with van der Waals surface area (Å²) in [7, 11) is 0. The van der Waals surface area contributed by atoms with E-state index >= 15 is 0 Å². The lowest BCUT2D eigenvalue weighted by atomic mass is 9.86. The number of anilines is 1. The fourth-order valence-corrected chi connectivity index (χ4v) is 3.74. The Kier molecular flexibility index (Phi) is 7.71. The number of carboxylic acids is 1. The number of aryl methyl sites for hydroxylation is 2. The Hall–Kier alpha value is -3.38. The zero-order valence-electron chi connectivity index (χ0n) is 19.7. The largest absolute Gasteiger partial charge is 0.481 e. The lowest BCUT2D eigenvalue weighted by Crippen LogP contribution is -2.32. The number of furan rings is 1. The number of carbonyl (C=O) groups is 2. The van der Waals surface area contributed by atoms with Gasteiger partial charge in [0.25, 0.3) is 0 Å². The molecule has 0 unspecified atom stereocenters. The van der Waals surface area contributed by atoms with Crippen molar-refractivity contribution >= 4 is 17.6 Å². The van der Waals surface area contributed by atoms with Crippen LogP contribution < -0.4 is 5.32 Å². The summed E-state index contributed by atoms with van der Waals surface area (Å²) < 4.78 is 5.50. The number of nitrogens with zero attached hydrogens (tertiary/aromatic N) is 1. The summed E-state index contributed by atoms with van der Waals surface area (Å²) in [5.74, 6) is -0.117. The van der Waals surface area contributed by atoms with E-state index < -0.39 is 11.4 Å². The fourth-order valence-electron chi connectivity index (χ4n) is 3.74. The van der Waals surface area contributed by atoms with Crippen LogP contribution in [0.3, 0.4) is 0 Å². The van der Waals surface area contributed by atoms with Crippen molar-refractivity contribution in [3.05, 3.63) is 88.9 Å². The molecule has 0 spiro atoms. The van der Waals surface area contributed by atoms with E-state index in [0.717, 1.165) is 33.7 Å². The number of aliphatic carboxylic acids is 1. The fraction of sp³-hybridized carbons (Fsp3) is 0.333. The molecule has 1 amide bonds. The van der Waals surface area contributed by atoms with E-state index in [9.17, 15) is 14.7 Å². The Morgan fingerprint density at radius 2 is 1.70 bits per heavy atom. The van der Waals surface area contributed by atoms with Gasteiger partial charge >= 0.3 is 5.97 Å².